The van der Waals surface area contributed by atoms with Crippen LogP contribution in [-0.4, -0.2) is 18.1 Å². The van der Waals surface area contributed by atoms with Crippen molar-refractivity contribution in [2.45, 2.75) is 4.90 Å². The number of rotatable bonds is 3. The number of hydrogen-bond donors (Lipinski definition) is 1. The van der Waals surface area contributed by atoms with E-state index in [2.05, 4.69) is 10.2 Å². The molecule has 0 aliphatic heterocycles. The Morgan fingerprint density at radius 3 is 2.29 bits per heavy atom. The van der Waals surface area contributed by atoms with Gasteiger partial charge in [-0.05, 0) is 35.7 Å². The summed E-state index contributed by atoms with van der Waals surface area (Å²) in [6.07, 6.45) is 0. The Balaban J connectivity index is 0.00000208. The maximum atomic E-state index is 11.1. The van der Waals surface area contributed by atoms with Crippen molar-refractivity contribution in [2.24, 2.45) is 10.2 Å². The van der Waals surface area contributed by atoms with Crippen molar-refractivity contribution in [3.63, 3.8) is 0 Å². The fraction of sp³-hybridized carbons (Fsp3) is 0. The van der Waals surface area contributed by atoms with Gasteiger partial charge in [0, 0.05) is 5.39 Å². The van der Waals surface area contributed by atoms with Gasteiger partial charge in [0.15, 0.2) is 0 Å². The van der Waals surface area contributed by atoms with E-state index >= 15 is 0 Å². The topological polar surface area (TPSA) is 102 Å². The molecule has 3 aromatic rings. The molecule has 0 aliphatic carbocycles. The van der Waals surface area contributed by atoms with Crippen molar-refractivity contribution >= 4 is 32.3 Å². The Morgan fingerprint density at radius 1 is 0.917 bits per heavy atom. The predicted molar refractivity (Wildman–Crippen MR) is 84.2 cm³/mol. The van der Waals surface area contributed by atoms with Crippen LogP contribution in [0.25, 0.3) is 10.8 Å². The summed E-state index contributed by atoms with van der Waals surface area (Å²) >= 11 is 0. The molecule has 0 amide bonds. The van der Waals surface area contributed by atoms with Crippen molar-refractivity contribution in [1.29, 1.82) is 0 Å². The van der Waals surface area contributed by atoms with Crippen molar-refractivity contribution in [2.75, 3.05) is 0 Å². The molecule has 3 rings (SSSR count). The number of aromatic hydroxyl groups is 1. The van der Waals surface area contributed by atoms with Gasteiger partial charge in [-0.25, -0.2) is 8.42 Å². The van der Waals surface area contributed by atoms with E-state index in [1.807, 2.05) is 18.2 Å². The molecule has 0 aliphatic rings. The smallest absolute Gasteiger partial charge is 0.744 e. The molecule has 0 spiro atoms. The number of phenolic OH excluding ortho intramolecular Hbond substituents is 1. The summed E-state index contributed by atoms with van der Waals surface area (Å²) in [6.45, 7) is 0. The third-order valence-corrected chi connectivity index (χ3v) is 4.08. The minimum absolute atomic E-state index is 0. The molecule has 24 heavy (non-hydrogen) atoms. The van der Waals surface area contributed by atoms with Gasteiger partial charge >= 0.3 is 29.6 Å². The van der Waals surface area contributed by atoms with E-state index in [0.29, 0.717) is 16.5 Å². The summed E-state index contributed by atoms with van der Waals surface area (Å²) in [6, 6.07) is 15.7. The van der Waals surface area contributed by atoms with Gasteiger partial charge in [0.1, 0.15) is 21.6 Å². The molecule has 0 atom stereocenters. The van der Waals surface area contributed by atoms with E-state index in [-0.39, 0.29) is 45.9 Å². The maximum Gasteiger partial charge on any atom is 1.00 e. The number of nitrogens with zero attached hydrogens (tertiary/aromatic N) is 2. The first kappa shape index (κ1) is 18.6. The second-order valence-corrected chi connectivity index (χ2v) is 6.19. The summed E-state index contributed by atoms with van der Waals surface area (Å²) in [5, 5.41) is 19.0. The molecule has 0 bridgehead atoms. The van der Waals surface area contributed by atoms with Gasteiger partial charge < -0.3 is 9.66 Å². The molecule has 3 aromatic carbocycles. The molecule has 1 N–H and O–H groups in total. The first-order valence-corrected chi connectivity index (χ1v) is 8.04. The SMILES string of the molecule is O=S(=O)([O-])c1ccc2c(N=N[13c]3[13cH][13cH][13cH][13cH][13cH]3)c(O)ccc2c1.[Na+]. The first-order chi connectivity index (χ1) is 10.9. The molecule has 0 heterocycles. The van der Waals surface area contributed by atoms with E-state index in [9.17, 15) is 18.1 Å². The van der Waals surface area contributed by atoms with Crippen LogP contribution in [0.4, 0.5) is 11.4 Å². The Bertz CT molecular complexity index is 1010. The van der Waals surface area contributed by atoms with Crippen LogP contribution in [0, 0.1) is 0 Å². The minimum atomic E-state index is -4.54. The molecule has 0 radical (unpaired) electrons. The van der Waals surface area contributed by atoms with Crippen LogP contribution in [0.2, 0.25) is 0 Å². The second-order valence-electron chi connectivity index (χ2n) is 4.81. The van der Waals surface area contributed by atoms with Gasteiger partial charge in [-0.15, -0.1) is 5.11 Å². The average Bonchev–Trinajstić information content (AvgIpc) is 2.53. The fourth-order valence-electron chi connectivity index (χ4n) is 2.14. The van der Waals surface area contributed by atoms with Crippen LogP contribution in [0.5, 0.6) is 5.75 Å². The van der Waals surface area contributed by atoms with Crippen molar-refractivity contribution in [3.05, 3.63) is 60.7 Å². The summed E-state index contributed by atoms with van der Waals surface area (Å²) in [7, 11) is -4.54. The number of azo groups is 1. The molecule has 116 valence electrons. The minimum Gasteiger partial charge on any atom is -0.744 e. The third-order valence-electron chi connectivity index (χ3n) is 3.25. The average molecular weight is 356 g/mol. The molecule has 0 saturated carbocycles. The first-order valence-electron chi connectivity index (χ1n) is 6.63. The predicted octanol–water partition coefficient (Wildman–Crippen LogP) is 0.869. The molecule has 8 heteroatoms. The number of phenols is 1. The molecule has 6 nitrogen and oxygen atoms in total. The molecule has 0 aromatic heterocycles. The van der Waals surface area contributed by atoms with E-state index in [1.165, 1.54) is 30.3 Å². The molecule has 0 unspecified atom stereocenters. The zero-order chi connectivity index (χ0) is 16.4. The molecule has 0 fully saturated rings. The van der Waals surface area contributed by atoms with Crippen LogP contribution < -0.4 is 29.6 Å². The summed E-state index contributed by atoms with van der Waals surface area (Å²) < 4.78 is 33.3. The Kier molecular flexibility index (Phi) is 5.74. The Labute approximate surface area is 160 Å². The van der Waals surface area contributed by atoms with Crippen LogP contribution >= 0.6 is 0 Å². The van der Waals surface area contributed by atoms with Gasteiger partial charge in [-0.1, -0.05) is 30.3 Å². The normalized spacial score (nSPS) is 11.5. The van der Waals surface area contributed by atoms with Crippen LogP contribution in [-0.2, 0) is 10.1 Å². The fourth-order valence-corrected chi connectivity index (χ4v) is 2.65. The van der Waals surface area contributed by atoms with Crippen LogP contribution in [0.3, 0.4) is 0 Å². The van der Waals surface area contributed by atoms with Crippen molar-refractivity contribution in [3.8, 4) is 5.75 Å². The van der Waals surface area contributed by atoms with E-state index in [1.54, 1.807) is 12.1 Å². The zero-order valence-corrected chi connectivity index (χ0v) is 15.6. The van der Waals surface area contributed by atoms with E-state index in [0.717, 1.165) is 0 Å². The van der Waals surface area contributed by atoms with E-state index in [4.69, 9.17) is 0 Å². The quantitative estimate of drug-likeness (QED) is 0.427. The number of hydrogen-bond acceptors (Lipinski definition) is 6. The molecular formula is C16H11N2NaO4S. The zero-order valence-electron chi connectivity index (χ0n) is 12.7. The van der Waals surface area contributed by atoms with Crippen molar-refractivity contribution in [1.82, 2.24) is 0 Å². The van der Waals surface area contributed by atoms with Crippen LogP contribution in [0.15, 0.2) is 75.8 Å². The van der Waals surface area contributed by atoms with Gasteiger partial charge in [-0.2, -0.15) is 5.11 Å². The third kappa shape index (κ3) is 4.00. The summed E-state index contributed by atoms with van der Waals surface area (Å²) in [5.74, 6) is -0.0880. The standard InChI is InChI=1S/C16H12N2O4S.Na/c19-15-9-6-11-10-13(23(20,21)22)7-8-14(11)16(15)18-17-12-4-2-1-3-5-12;/h1-10,19H,(H,20,21,22);/q;+1/p-1/i1+1,2+1,3+1,4+1,5+1,12+1;. The maximum absolute atomic E-state index is 11.1. The second kappa shape index (κ2) is 7.42. The Morgan fingerprint density at radius 2 is 1.62 bits per heavy atom. The number of fused-ring (bicyclic) bond motifs is 1. The van der Waals surface area contributed by atoms with Gasteiger partial charge in [-0.3, -0.25) is 0 Å². The van der Waals surface area contributed by atoms with Gasteiger partial charge in [0.05, 0.1) is 10.6 Å². The van der Waals surface area contributed by atoms with E-state index < -0.39 is 10.1 Å². The monoisotopic (exact) mass is 356 g/mol. The molecule has 0 saturated heterocycles. The van der Waals surface area contributed by atoms with Crippen molar-refractivity contribution < 1.29 is 47.6 Å². The van der Waals surface area contributed by atoms with Gasteiger partial charge in [0.25, 0.3) is 0 Å². The summed E-state index contributed by atoms with van der Waals surface area (Å²) in [4.78, 5) is -0.332. The number of benzene rings is 3. The summed E-state index contributed by atoms with van der Waals surface area (Å²) in [5.41, 5.74) is 0.823. The van der Waals surface area contributed by atoms with Gasteiger partial charge in [0.2, 0.25) is 0 Å². The Hall–Kier alpha value is -1.77. The largest absolute Gasteiger partial charge is 1.00 e. The van der Waals surface area contributed by atoms with Crippen LogP contribution in [0.1, 0.15) is 0 Å². The molecular weight excluding hydrogens is 345 g/mol.